The van der Waals surface area contributed by atoms with E-state index in [4.69, 9.17) is 21.1 Å². The van der Waals surface area contributed by atoms with E-state index in [0.717, 1.165) is 111 Å². The number of alkyl halides is 1. The van der Waals surface area contributed by atoms with E-state index >= 15 is 0 Å². The first-order valence-corrected chi connectivity index (χ1v) is 33.3. The first-order valence-electron chi connectivity index (χ1n) is 28.2. The second kappa shape index (κ2) is 32.4. The molecule has 484 valence electrons. The van der Waals surface area contributed by atoms with Crippen LogP contribution in [0.5, 0.6) is 0 Å². The predicted octanol–water partition coefficient (Wildman–Crippen LogP) is 17.9. The lowest BCUT2D eigenvalue weighted by atomic mass is 9.89. The number of carboxylic acid groups (broad SMARTS) is 3. The van der Waals surface area contributed by atoms with E-state index in [-0.39, 0.29) is 34.8 Å². The summed E-state index contributed by atoms with van der Waals surface area (Å²) in [7, 11) is 5.08. The Morgan fingerprint density at radius 2 is 0.890 bits per heavy atom. The molecule has 3 amide bonds. The van der Waals surface area contributed by atoms with Crippen molar-refractivity contribution in [2.75, 3.05) is 26.9 Å². The number of anilines is 1. The molecule has 6 N–H and O–H groups in total. The lowest BCUT2D eigenvalue weighted by molar-refractivity contribution is 0.0596. The average Bonchev–Trinajstić information content (AvgIpc) is 1.61. The van der Waals surface area contributed by atoms with Crippen LogP contribution in [0.3, 0.4) is 0 Å². The summed E-state index contributed by atoms with van der Waals surface area (Å²) in [6, 6.07) is 27.6. The van der Waals surface area contributed by atoms with E-state index in [1.54, 1.807) is 46.2 Å². The van der Waals surface area contributed by atoms with Crippen LogP contribution in [0.1, 0.15) is 178 Å². The SMILES string of the molecule is COC(=O)c1cc(Br)cc(C)c1C.Cc1cc(Br)cc(C(=O)O)c1C.Cc1cc(Br)cc(C(=O)O)c1CBr.Cc1cc(Br)cc2c1C(C)(C)N(C)C2=O.Cc1cc(Br)cc2c1CNC2=O.Cc1cc(N)cc2c1C(C)(C)N(C)C2=O.Cc1cccc(C(=O)O)c1C. The van der Waals surface area contributed by atoms with Gasteiger partial charge in [-0.1, -0.05) is 108 Å². The molecule has 0 fully saturated rings. The van der Waals surface area contributed by atoms with Crippen molar-refractivity contribution in [3.05, 3.63) is 230 Å². The fraction of sp³-hybridized carbons (Fsp3) is 0.300. The Hall–Kier alpha value is -6.49. The Morgan fingerprint density at radius 3 is 1.35 bits per heavy atom. The molecule has 91 heavy (non-hydrogen) atoms. The summed E-state index contributed by atoms with van der Waals surface area (Å²) in [4.78, 5) is 82.2. The predicted molar refractivity (Wildman–Crippen MR) is 382 cm³/mol. The molecule has 21 heteroatoms. The van der Waals surface area contributed by atoms with Crippen LogP contribution in [-0.4, -0.2) is 87.9 Å². The Balaban J connectivity index is 0.000000227. The van der Waals surface area contributed by atoms with Crippen molar-refractivity contribution in [2.45, 2.75) is 120 Å². The van der Waals surface area contributed by atoms with Crippen molar-refractivity contribution in [3.8, 4) is 0 Å². The number of aromatic carboxylic acids is 3. The number of nitrogens with one attached hydrogen (secondary N) is 1. The zero-order valence-corrected chi connectivity index (χ0v) is 63.4. The number of amides is 3. The topological polar surface area (TPSA) is 234 Å². The molecule has 10 rings (SSSR count). The van der Waals surface area contributed by atoms with Gasteiger partial charge in [0.2, 0.25) is 0 Å². The Labute approximate surface area is 583 Å². The van der Waals surface area contributed by atoms with Gasteiger partial charge in [-0.15, -0.1) is 0 Å². The highest BCUT2D eigenvalue weighted by atomic mass is 79.9. The number of aryl methyl sites for hydroxylation is 7. The zero-order chi connectivity index (χ0) is 69.2. The van der Waals surface area contributed by atoms with Crippen molar-refractivity contribution in [1.82, 2.24) is 15.1 Å². The van der Waals surface area contributed by atoms with E-state index in [1.165, 1.54) is 12.7 Å². The standard InChI is InChI=1S/C12H14BrNO.C12H16N2O.C10H11BrO2.C9H8Br2O2.C9H8BrNO.C9H9BrO2.C9H10O2/c2*1-7-5-8(13)6-9-10(7)12(2,3)14(4)11(9)15;1-6-4-8(11)5-9(7(6)2)10(12)13-3;1-5-2-6(11)3-7(9(12)13)8(5)4-10;1-5-2-6(10)3-7-8(5)4-11-9(7)12;1-5-3-7(10)4-8(6(5)2)9(11)12;1-6-4-3-5-8(7(6)2)9(10)11/h5-6H,1-4H3;5-6H,13H2,1-4H3;4-5H,1-3H3;2-3H,4H2,1H3,(H,12,13);2-3H,4H2,1H3,(H,11,12);3-4H,1-2H3,(H,11,12);3-5H,1-2H3,(H,10,11). The minimum Gasteiger partial charge on any atom is -0.478 e. The molecule has 0 spiro atoms. The molecular formula is C70H76Br6N4O11. The number of methoxy groups -OCH3 is 1. The fourth-order valence-electron chi connectivity index (χ4n) is 10.5. The molecule has 0 aromatic heterocycles. The van der Waals surface area contributed by atoms with Gasteiger partial charge in [0, 0.05) is 70.7 Å². The van der Waals surface area contributed by atoms with Crippen molar-refractivity contribution in [2.24, 2.45) is 0 Å². The smallest absolute Gasteiger partial charge is 0.338 e. The van der Waals surface area contributed by atoms with Crippen LogP contribution in [0.25, 0.3) is 0 Å². The van der Waals surface area contributed by atoms with Gasteiger partial charge in [-0.2, -0.15) is 0 Å². The van der Waals surface area contributed by atoms with Crippen molar-refractivity contribution in [3.63, 3.8) is 0 Å². The minimum absolute atomic E-state index is 0.0365. The highest BCUT2D eigenvalue weighted by molar-refractivity contribution is 9.11. The fourth-order valence-corrected chi connectivity index (χ4v) is 14.1. The van der Waals surface area contributed by atoms with E-state index in [9.17, 15) is 33.6 Å². The minimum atomic E-state index is -0.890. The molecule has 0 unspecified atom stereocenters. The number of carboxylic acids is 3. The summed E-state index contributed by atoms with van der Waals surface area (Å²) < 4.78 is 9.11. The Morgan fingerprint density at radius 1 is 0.505 bits per heavy atom. The van der Waals surface area contributed by atoms with Gasteiger partial charge in [0.15, 0.2) is 0 Å². The van der Waals surface area contributed by atoms with Gasteiger partial charge in [0.25, 0.3) is 17.7 Å². The number of halogens is 6. The van der Waals surface area contributed by atoms with Crippen LogP contribution in [-0.2, 0) is 27.7 Å². The zero-order valence-electron chi connectivity index (χ0n) is 53.9. The lowest BCUT2D eigenvalue weighted by Gasteiger charge is -2.29. The number of nitrogens with zero attached hydrogens (tertiary/aromatic N) is 2. The molecular weight excluding hydrogens is 1550 g/mol. The quantitative estimate of drug-likeness (QED) is 0.0615. The summed E-state index contributed by atoms with van der Waals surface area (Å²) >= 11 is 19.9. The number of nitrogen functional groups attached to an aromatic ring is 1. The van der Waals surface area contributed by atoms with Gasteiger partial charge in [-0.25, -0.2) is 19.2 Å². The van der Waals surface area contributed by atoms with Crippen LogP contribution in [0, 0.1) is 69.2 Å². The number of benzene rings is 7. The average molecular weight is 1630 g/mol. The van der Waals surface area contributed by atoms with Crippen LogP contribution >= 0.6 is 95.6 Å². The maximum absolute atomic E-state index is 12.0. The number of carbonyl (C=O) groups excluding carboxylic acids is 4. The third-order valence-corrected chi connectivity index (χ3v) is 19.1. The van der Waals surface area contributed by atoms with Crippen LogP contribution in [0.4, 0.5) is 5.69 Å². The number of fused-ring (bicyclic) bond motifs is 3. The molecule has 0 aliphatic carbocycles. The summed E-state index contributed by atoms with van der Waals surface area (Å²) in [6.07, 6.45) is 0. The van der Waals surface area contributed by atoms with Crippen LogP contribution in [0.15, 0.2) is 113 Å². The van der Waals surface area contributed by atoms with Crippen LogP contribution in [0.2, 0.25) is 0 Å². The Bertz CT molecular complexity index is 3920. The molecule has 15 nitrogen and oxygen atoms in total. The first-order chi connectivity index (χ1) is 42.1. The van der Waals surface area contributed by atoms with Crippen molar-refractivity contribution >= 4 is 143 Å². The lowest BCUT2D eigenvalue weighted by Crippen LogP contribution is -2.35. The van der Waals surface area contributed by atoms with E-state index in [2.05, 4.69) is 146 Å². The van der Waals surface area contributed by atoms with Gasteiger partial charge in [-0.05, 0) is 254 Å². The normalized spacial score (nSPS) is 13.2. The Kier molecular flexibility index (Phi) is 27.4. The second-order valence-corrected chi connectivity index (χ2v) is 28.2. The first kappa shape index (κ1) is 77.0. The van der Waals surface area contributed by atoms with E-state index in [0.29, 0.717) is 39.8 Å². The van der Waals surface area contributed by atoms with Gasteiger partial charge < -0.3 is 40.9 Å². The second-order valence-electron chi connectivity index (χ2n) is 23.0. The summed E-state index contributed by atoms with van der Waals surface area (Å²) in [5.74, 6) is -2.71. The molecule has 0 saturated heterocycles. The van der Waals surface area contributed by atoms with E-state index in [1.807, 2.05) is 125 Å². The molecule has 0 atom stereocenters. The monoisotopic (exact) mass is 1620 g/mol. The largest absolute Gasteiger partial charge is 0.478 e. The summed E-state index contributed by atoms with van der Waals surface area (Å²) in [5.41, 5.74) is 24.4. The van der Waals surface area contributed by atoms with Gasteiger partial charge in [0.1, 0.15) is 0 Å². The van der Waals surface area contributed by atoms with Gasteiger partial charge in [0.05, 0.1) is 40.4 Å². The highest BCUT2D eigenvalue weighted by Gasteiger charge is 2.43. The molecule has 7 aromatic carbocycles. The van der Waals surface area contributed by atoms with Crippen LogP contribution < -0.4 is 11.1 Å². The third kappa shape index (κ3) is 18.6. The van der Waals surface area contributed by atoms with Gasteiger partial charge >= 0.3 is 23.9 Å². The number of nitrogens with two attached hydrogens (primary N) is 1. The number of rotatable bonds is 5. The van der Waals surface area contributed by atoms with Gasteiger partial charge in [-0.3, -0.25) is 14.4 Å². The number of hydrogen-bond donors (Lipinski definition) is 5. The maximum Gasteiger partial charge on any atom is 0.338 e. The van der Waals surface area contributed by atoms with Crippen molar-refractivity contribution in [1.29, 1.82) is 0 Å². The number of esters is 1. The number of hydrogen-bond acceptors (Lipinski definition) is 9. The molecule has 0 saturated carbocycles. The van der Waals surface area contributed by atoms with Crippen molar-refractivity contribution < 1.29 is 53.6 Å². The molecule has 3 aliphatic rings. The van der Waals surface area contributed by atoms with E-state index < -0.39 is 17.9 Å². The highest BCUT2D eigenvalue weighted by Crippen LogP contribution is 2.42. The molecule has 0 radical (unpaired) electrons. The number of ether oxygens (including phenoxy) is 1. The number of carbonyl (C=O) groups is 7. The summed E-state index contributed by atoms with van der Waals surface area (Å²) in [6.45, 7) is 28.2. The molecule has 7 aromatic rings. The summed E-state index contributed by atoms with van der Waals surface area (Å²) in [5, 5.41) is 29.7. The maximum atomic E-state index is 12.0. The molecule has 3 aliphatic heterocycles. The third-order valence-electron chi connectivity index (χ3n) is 16.3. The molecule has 3 heterocycles. The molecule has 0 bridgehead atoms.